The van der Waals surface area contributed by atoms with E-state index >= 15 is 0 Å². The predicted molar refractivity (Wildman–Crippen MR) is 98.9 cm³/mol. The molecule has 0 spiro atoms. The molecule has 0 aliphatic carbocycles. The molecule has 3 aromatic rings. The lowest BCUT2D eigenvalue weighted by molar-refractivity contribution is 0.0533. The summed E-state index contributed by atoms with van der Waals surface area (Å²) in [4.78, 5) is 32.9. The molecule has 1 aliphatic rings. The van der Waals surface area contributed by atoms with E-state index in [9.17, 15) is 14.0 Å². The molecular formula is C20H19FN4O2. The van der Waals surface area contributed by atoms with Crippen LogP contribution in [0.5, 0.6) is 0 Å². The van der Waals surface area contributed by atoms with Crippen LogP contribution in [0.25, 0.3) is 11.0 Å². The highest BCUT2D eigenvalue weighted by Crippen LogP contribution is 2.17. The van der Waals surface area contributed by atoms with E-state index in [2.05, 4.69) is 4.98 Å². The summed E-state index contributed by atoms with van der Waals surface area (Å²) < 4.78 is 15.7. The lowest BCUT2D eigenvalue weighted by Crippen LogP contribution is -2.50. The van der Waals surface area contributed by atoms with Gasteiger partial charge in [0.15, 0.2) is 0 Å². The summed E-state index contributed by atoms with van der Waals surface area (Å²) in [6.45, 7) is 1.59. The van der Waals surface area contributed by atoms with Crippen LogP contribution in [0.1, 0.15) is 20.7 Å². The molecule has 2 aromatic carbocycles. The average Bonchev–Trinajstić information content (AvgIpc) is 3.08. The Morgan fingerprint density at radius 3 is 2.33 bits per heavy atom. The van der Waals surface area contributed by atoms with Gasteiger partial charge in [-0.05, 0) is 30.3 Å². The zero-order valence-corrected chi connectivity index (χ0v) is 14.9. The number of carbonyl (C=O) groups is 2. The fourth-order valence-corrected chi connectivity index (χ4v) is 3.37. The van der Waals surface area contributed by atoms with Gasteiger partial charge in [-0.25, -0.2) is 9.37 Å². The first kappa shape index (κ1) is 17.2. The number of rotatable bonds is 2. The van der Waals surface area contributed by atoms with Crippen molar-refractivity contribution in [1.29, 1.82) is 0 Å². The molecule has 1 aliphatic heterocycles. The molecule has 1 aromatic heterocycles. The Morgan fingerprint density at radius 1 is 0.963 bits per heavy atom. The standard InChI is InChI=1S/C20H19FN4O2/c1-23-13-22-17-12-14(6-7-18(17)23)19(26)24-8-10-25(11-9-24)20(27)15-4-2-3-5-16(15)21/h2-7,12-13H,8-11H2,1H3. The maximum absolute atomic E-state index is 13.8. The third kappa shape index (κ3) is 3.16. The highest BCUT2D eigenvalue weighted by atomic mass is 19.1. The first-order valence-electron chi connectivity index (χ1n) is 8.79. The highest BCUT2D eigenvalue weighted by Gasteiger charge is 2.26. The summed E-state index contributed by atoms with van der Waals surface area (Å²) in [6.07, 6.45) is 1.71. The summed E-state index contributed by atoms with van der Waals surface area (Å²) in [7, 11) is 1.91. The highest BCUT2D eigenvalue weighted by molar-refractivity contribution is 5.98. The Kier molecular flexibility index (Phi) is 4.35. The number of amides is 2. The molecule has 0 saturated carbocycles. The van der Waals surface area contributed by atoms with Gasteiger partial charge in [-0.3, -0.25) is 9.59 Å². The van der Waals surface area contributed by atoms with Crippen molar-refractivity contribution >= 4 is 22.8 Å². The number of halogens is 1. The summed E-state index contributed by atoms with van der Waals surface area (Å²) >= 11 is 0. The van der Waals surface area contributed by atoms with Crippen LogP contribution in [0.4, 0.5) is 4.39 Å². The summed E-state index contributed by atoms with van der Waals surface area (Å²) in [6, 6.07) is 11.4. The molecule has 2 heterocycles. The summed E-state index contributed by atoms with van der Waals surface area (Å²) in [5.74, 6) is -0.944. The maximum Gasteiger partial charge on any atom is 0.256 e. The third-order valence-electron chi connectivity index (χ3n) is 4.93. The van der Waals surface area contributed by atoms with Crippen LogP contribution in [-0.4, -0.2) is 57.3 Å². The minimum atomic E-state index is -0.523. The lowest BCUT2D eigenvalue weighted by Gasteiger charge is -2.35. The molecule has 0 unspecified atom stereocenters. The fourth-order valence-electron chi connectivity index (χ4n) is 3.37. The van der Waals surface area contributed by atoms with Gasteiger partial charge < -0.3 is 14.4 Å². The molecular weight excluding hydrogens is 347 g/mol. The Balaban J connectivity index is 1.44. The molecule has 2 amide bonds. The van der Waals surface area contributed by atoms with Crippen LogP contribution in [0.2, 0.25) is 0 Å². The molecule has 0 atom stereocenters. The monoisotopic (exact) mass is 366 g/mol. The predicted octanol–water partition coefficient (Wildman–Crippen LogP) is 2.31. The smallest absolute Gasteiger partial charge is 0.256 e. The second-order valence-corrected chi connectivity index (χ2v) is 6.62. The summed E-state index contributed by atoms with van der Waals surface area (Å²) in [5, 5.41) is 0. The Labute approximate surface area is 155 Å². The van der Waals surface area contributed by atoms with E-state index in [1.807, 2.05) is 17.7 Å². The van der Waals surface area contributed by atoms with Crippen molar-refractivity contribution < 1.29 is 14.0 Å². The maximum atomic E-state index is 13.8. The number of aromatic nitrogens is 2. The molecule has 4 rings (SSSR count). The molecule has 6 nitrogen and oxygen atoms in total. The number of aryl methyl sites for hydroxylation is 1. The molecule has 0 radical (unpaired) electrons. The van der Waals surface area contributed by atoms with Gasteiger partial charge in [0.2, 0.25) is 0 Å². The van der Waals surface area contributed by atoms with Crippen molar-refractivity contribution in [1.82, 2.24) is 19.4 Å². The van der Waals surface area contributed by atoms with Gasteiger partial charge in [0.1, 0.15) is 5.82 Å². The van der Waals surface area contributed by atoms with Crippen LogP contribution in [-0.2, 0) is 7.05 Å². The number of imidazole rings is 1. The minimum Gasteiger partial charge on any atom is -0.335 e. The van der Waals surface area contributed by atoms with E-state index in [-0.39, 0.29) is 17.4 Å². The average molecular weight is 366 g/mol. The van der Waals surface area contributed by atoms with E-state index in [1.54, 1.807) is 40.4 Å². The van der Waals surface area contributed by atoms with Crippen LogP contribution in [0.15, 0.2) is 48.8 Å². The van der Waals surface area contributed by atoms with Crippen molar-refractivity contribution in [3.05, 3.63) is 65.7 Å². The van der Waals surface area contributed by atoms with E-state index in [0.717, 1.165) is 11.0 Å². The number of fused-ring (bicyclic) bond motifs is 1. The van der Waals surface area contributed by atoms with Gasteiger partial charge in [0.25, 0.3) is 11.8 Å². The second kappa shape index (κ2) is 6.83. The van der Waals surface area contributed by atoms with Gasteiger partial charge in [-0.15, -0.1) is 0 Å². The van der Waals surface area contributed by atoms with E-state index in [0.29, 0.717) is 31.7 Å². The van der Waals surface area contributed by atoms with Gasteiger partial charge in [-0.1, -0.05) is 12.1 Å². The zero-order valence-electron chi connectivity index (χ0n) is 14.9. The van der Waals surface area contributed by atoms with E-state index < -0.39 is 5.82 Å². The number of carbonyl (C=O) groups excluding carboxylic acids is 2. The minimum absolute atomic E-state index is 0.0675. The molecule has 1 saturated heterocycles. The zero-order chi connectivity index (χ0) is 19.0. The molecule has 1 fully saturated rings. The van der Waals surface area contributed by atoms with Crippen molar-refractivity contribution in [2.75, 3.05) is 26.2 Å². The Bertz CT molecular complexity index is 1020. The van der Waals surface area contributed by atoms with Crippen LogP contribution < -0.4 is 0 Å². The van der Waals surface area contributed by atoms with Gasteiger partial charge >= 0.3 is 0 Å². The molecule has 27 heavy (non-hydrogen) atoms. The van der Waals surface area contributed by atoms with Crippen LogP contribution in [0, 0.1) is 5.82 Å². The van der Waals surface area contributed by atoms with Gasteiger partial charge in [0, 0.05) is 38.8 Å². The van der Waals surface area contributed by atoms with Crippen molar-refractivity contribution in [2.45, 2.75) is 0 Å². The number of nitrogens with zero attached hydrogens (tertiary/aromatic N) is 4. The van der Waals surface area contributed by atoms with E-state index in [1.165, 1.54) is 12.1 Å². The Hall–Kier alpha value is -3.22. The second-order valence-electron chi connectivity index (χ2n) is 6.62. The molecule has 0 N–H and O–H groups in total. The topological polar surface area (TPSA) is 58.4 Å². The van der Waals surface area contributed by atoms with Crippen molar-refractivity contribution in [3.8, 4) is 0 Å². The van der Waals surface area contributed by atoms with E-state index in [4.69, 9.17) is 0 Å². The first-order chi connectivity index (χ1) is 13.0. The fraction of sp³-hybridized carbons (Fsp3) is 0.250. The third-order valence-corrected chi connectivity index (χ3v) is 4.93. The first-order valence-corrected chi connectivity index (χ1v) is 8.79. The number of hydrogen-bond donors (Lipinski definition) is 0. The van der Waals surface area contributed by atoms with Crippen LogP contribution in [0.3, 0.4) is 0 Å². The SMILES string of the molecule is Cn1cnc2cc(C(=O)N3CCN(C(=O)c4ccccc4F)CC3)ccc21. The quantitative estimate of drug-likeness (QED) is 0.699. The molecule has 138 valence electrons. The largest absolute Gasteiger partial charge is 0.335 e. The number of benzene rings is 2. The molecule has 7 heteroatoms. The number of hydrogen-bond acceptors (Lipinski definition) is 3. The van der Waals surface area contributed by atoms with Gasteiger partial charge in [0.05, 0.1) is 22.9 Å². The number of piperazine rings is 1. The van der Waals surface area contributed by atoms with Crippen LogP contribution >= 0.6 is 0 Å². The molecule has 0 bridgehead atoms. The van der Waals surface area contributed by atoms with Gasteiger partial charge in [-0.2, -0.15) is 0 Å². The van der Waals surface area contributed by atoms with Crippen molar-refractivity contribution in [3.63, 3.8) is 0 Å². The van der Waals surface area contributed by atoms with Crippen molar-refractivity contribution in [2.24, 2.45) is 7.05 Å². The lowest BCUT2D eigenvalue weighted by atomic mass is 10.1. The summed E-state index contributed by atoms with van der Waals surface area (Å²) in [5.41, 5.74) is 2.39. The normalized spacial score (nSPS) is 14.6. The Morgan fingerprint density at radius 2 is 1.63 bits per heavy atom.